The maximum Gasteiger partial charge on any atom is 0.107 e. The third-order valence-electron chi connectivity index (χ3n) is 0.309. The van der Waals surface area contributed by atoms with E-state index in [9.17, 15) is 0 Å². The van der Waals surface area contributed by atoms with E-state index in [0.29, 0.717) is 0 Å². The van der Waals surface area contributed by atoms with Gasteiger partial charge in [-0.25, -0.2) is 0 Å². The van der Waals surface area contributed by atoms with Gasteiger partial charge in [0.05, 0.1) is 0 Å². The first-order valence-electron chi connectivity index (χ1n) is 2.00. The largest absolute Gasteiger partial charge is 0.400 e. The van der Waals surface area contributed by atoms with E-state index < -0.39 is 0 Å². The lowest BCUT2D eigenvalue weighted by Crippen LogP contribution is -1.75. The van der Waals surface area contributed by atoms with Crippen LogP contribution in [0.3, 0.4) is 0 Å². The maximum absolute atomic E-state index is 7.00. The van der Waals surface area contributed by atoms with E-state index in [1.165, 1.54) is 0 Å². The second kappa shape index (κ2) is 9.74. The molecule has 0 aliphatic rings. The highest BCUT2D eigenvalue weighted by atomic mass is 35.5. The normalized spacial score (nSPS) is 7.71. The van der Waals surface area contributed by atoms with Gasteiger partial charge in [-0.1, -0.05) is 6.92 Å². The van der Waals surface area contributed by atoms with Crippen LogP contribution in [-0.4, -0.2) is 17.1 Å². The molecule has 1 nitrogen and oxygen atoms in total. The fraction of sp³-hybridized carbons (Fsp3) is 1.00. The molecule has 0 spiro atoms. The SMILES string of the molecule is CCC(Cl)Cl.CO. The fourth-order valence-electron chi connectivity index (χ4n) is 0. The summed E-state index contributed by atoms with van der Waals surface area (Å²) < 4.78 is 0. The van der Waals surface area contributed by atoms with Crippen molar-refractivity contribution in [3.63, 3.8) is 0 Å². The molecule has 0 radical (unpaired) electrons. The summed E-state index contributed by atoms with van der Waals surface area (Å²) in [6.45, 7) is 1.94. The average molecular weight is 145 g/mol. The topological polar surface area (TPSA) is 20.2 Å². The molecule has 0 fully saturated rings. The summed E-state index contributed by atoms with van der Waals surface area (Å²) in [5.41, 5.74) is 0. The van der Waals surface area contributed by atoms with Crippen LogP contribution < -0.4 is 0 Å². The summed E-state index contributed by atoms with van der Waals surface area (Å²) in [5.74, 6) is 0. The van der Waals surface area contributed by atoms with Crippen molar-refractivity contribution in [1.29, 1.82) is 0 Å². The lowest BCUT2D eigenvalue weighted by Gasteiger charge is -1.84. The van der Waals surface area contributed by atoms with Crippen molar-refractivity contribution < 1.29 is 5.11 Å². The molecule has 7 heavy (non-hydrogen) atoms. The van der Waals surface area contributed by atoms with Crippen molar-refractivity contribution in [2.75, 3.05) is 7.11 Å². The van der Waals surface area contributed by atoms with Crippen LogP contribution >= 0.6 is 23.2 Å². The van der Waals surface area contributed by atoms with Crippen molar-refractivity contribution in [3.8, 4) is 0 Å². The van der Waals surface area contributed by atoms with Gasteiger partial charge in [-0.3, -0.25) is 0 Å². The first-order chi connectivity index (χ1) is 3.27. The second-order valence-electron chi connectivity index (χ2n) is 0.799. The van der Waals surface area contributed by atoms with Crippen LogP contribution in [-0.2, 0) is 0 Å². The molecule has 1 N–H and O–H groups in total. The van der Waals surface area contributed by atoms with Crippen molar-refractivity contribution in [2.24, 2.45) is 0 Å². The molecule has 46 valence electrons. The number of aliphatic hydroxyl groups is 1. The Kier molecular flexibility index (Phi) is 14.6. The molecule has 0 unspecified atom stereocenters. The number of alkyl halides is 2. The van der Waals surface area contributed by atoms with Gasteiger partial charge in [0.2, 0.25) is 0 Å². The number of hydrogen-bond acceptors (Lipinski definition) is 1. The fourth-order valence-corrected chi connectivity index (χ4v) is 0. The molecule has 0 aromatic heterocycles. The maximum atomic E-state index is 7.00. The Morgan fingerprint density at radius 3 is 1.57 bits per heavy atom. The van der Waals surface area contributed by atoms with Gasteiger partial charge in [-0.05, 0) is 6.42 Å². The molecular formula is C4H10Cl2O. The molecule has 0 saturated heterocycles. The monoisotopic (exact) mass is 144 g/mol. The molecule has 0 rings (SSSR count). The van der Waals surface area contributed by atoms with Crippen LogP contribution in [0, 0.1) is 0 Å². The van der Waals surface area contributed by atoms with Crippen LogP contribution in [0.5, 0.6) is 0 Å². The predicted molar refractivity (Wildman–Crippen MR) is 33.9 cm³/mol. The Morgan fingerprint density at radius 2 is 1.57 bits per heavy atom. The summed E-state index contributed by atoms with van der Waals surface area (Å²) in [6, 6.07) is 0. The van der Waals surface area contributed by atoms with Gasteiger partial charge in [0.25, 0.3) is 0 Å². The van der Waals surface area contributed by atoms with E-state index in [1.807, 2.05) is 6.92 Å². The van der Waals surface area contributed by atoms with E-state index in [2.05, 4.69) is 0 Å². The molecule has 0 atom stereocenters. The second-order valence-corrected chi connectivity index (χ2v) is 2.08. The van der Waals surface area contributed by atoms with E-state index >= 15 is 0 Å². The Morgan fingerprint density at radius 1 is 1.43 bits per heavy atom. The number of halogens is 2. The number of rotatable bonds is 1. The van der Waals surface area contributed by atoms with Crippen molar-refractivity contribution in [1.82, 2.24) is 0 Å². The van der Waals surface area contributed by atoms with Crippen LogP contribution in [0.1, 0.15) is 13.3 Å². The number of hydrogen-bond donors (Lipinski definition) is 1. The predicted octanol–water partition coefficient (Wildman–Crippen LogP) is 1.81. The molecule has 0 amide bonds. The highest BCUT2D eigenvalue weighted by Gasteiger charge is 1.86. The summed E-state index contributed by atoms with van der Waals surface area (Å²) in [5, 5.41) is 7.00. The van der Waals surface area contributed by atoms with Crippen molar-refractivity contribution >= 4 is 23.2 Å². The van der Waals surface area contributed by atoms with Crippen molar-refractivity contribution in [3.05, 3.63) is 0 Å². The quantitative estimate of drug-likeness (QED) is 0.558. The van der Waals surface area contributed by atoms with Gasteiger partial charge < -0.3 is 5.11 Å². The van der Waals surface area contributed by atoms with Gasteiger partial charge >= 0.3 is 0 Å². The molecule has 0 aliphatic carbocycles. The lowest BCUT2D eigenvalue weighted by molar-refractivity contribution is 0.399. The van der Waals surface area contributed by atoms with E-state index in [0.717, 1.165) is 13.5 Å². The van der Waals surface area contributed by atoms with Gasteiger partial charge in [-0.15, -0.1) is 23.2 Å². The van der Waals surface area contributed by atoms with Crippen molar-refractivity contribution in [2.45, 2.75) is 18.2 Å². The summed E-state index contributed by atoms with van der Waals surface area (Å²) in [4.78, 5) is -0.171. The van der Waals surface area contributed by atoms with E-state index in [-0.39, 0.29) is 4.84 Å². The molecular weight excluding hydrogens is 135 g/mol. The zero-order chi connectivity index (χ0) is 6.28. The van der Waals surface area contributed by atoms with Crippen LogP contribution in [0.15, 0.2) is 0 Å². The third kappa shape index (κ3) is 20.9. The molecule has 0 heterocycles. The van der Waals surface area contributed by atoms with Gasteiger partial charge in [0, 0.05) is 7.11 Å². The minimum Gasteiger partial charge on any atom is -0.400 e. The van der Waals surface area contributed by atoms with Crippen LogP contribution in [0.4, 0.5) is 0 Å². The highest BCUT2D eigenvalue weighted by Crippen LogP contribution is 2.03. The van der Waals surface area contributed by atoms with E-state index in [4.69, 9.17) is 28.3 Å². The Bertz CT molecular complexity index is 23.7. The first-order valence-corrected chi connectivity index (χ1v) is 2.87. The average Bonchev–Trinajstić information content (AvgIpc) is 1.73. The van der Waals surface area contributed by atoms with Gasteiger partial charge in [-0.2, -0.15) is 0 Å². The summed E-state index contributed by atoms with van der Waals surface area (Å²) >= 11 is 10.5. The smallest absolute Gasteiger partial charge is 0.107 e. The number of aliphatic hydroxyl groups excluding tert-OH is 1. The molecule has 0 aliphatic heterocycles. The van der Waals surface area contributed by atoms with Gasteiger partial charge in [0.1, 0.15) is 4.84 Å². The standard InChI is InChI=1S/C3H6Cl2.CH4O/c1-2-3(4)5;1-2/h3H,2H2,1H3;2H,1H3. The third-order valence-corrected chi connectivity index (χ3v) is 0.926. The zero-order valence-corrected chi connectivity index (χ0v) is 6.00. The minimum absolute atomic E-state index is 0.171. The minimum atomic E-state index is -0.171. The van der Waals surface area contributed by atoms with Gasteiger partial charge in [0.15, 0.2) is 0 Å². The van der Waals surface area contributed by atoms with Crippen LogP contribution in [0.2, 0.25) is 0 Å². The summed E-state index contributed by atoms with van der Waals surface area (Å²) in [7, 11) is 1.00. The van der Waals surface area contributed by atoms with Crippen LogP contribution in [0.25, 0.3) is 0 Å². The highest BCUT2D eigenvalue weighted by molar-refractivity contribution is 6.44. The molecule has 0 aromatic rings. The molecule has 0 bridgehead atoms. The Balaban J connectivity index is 0. The lowest BCUT2D eigenvalue weighted by atomic mass is 10.6. The van der Waals surface area contributed by atoms with E-state index in [1.54, 1.807) is 0 Å². The molecule has 0 aromatic carbocycles. The molecule has 0 saturated carbocycles. The Labute approximate surface area is 54.2 Å². The Hall–Kier alpha value is 0.540. The first kappa shape index (κ1) is 10.5. The molecule has 3 heteroatoms. The summed E-state index contributed by atoms with van der Waals surface area (Å²) in [6.07, 6.45) is 0.836. The zero-order valence-electron chi connectivity index (χ0n) is 4.49.